The second kappa shape index (κ2) is 12.2. The number of sulfonamides is 1. The van der Waals surface area contributed by atoms with E-state index in [0.29, 0.717) is 17.7 Å². The molecular weight excluding hydrogens is 485 g/mol. The summed E-state index contributed by atoms with van der Waals surface area (Å²) in [6.07, 6.45) is 5.11. The molecule has 2 aromatic carbocycles. The van der Waals surface area contributed by atoms with E-state index in [1.165, 1.54) is 30.2 Å². The summed E-state index contributed by atoms with van der Waals surface area (Å²) in [5.74, 6) is -1.06. The van der Waals surface area contributed by atoms with Crippen LogP contribution >= 0.6 is 0 Å². The molecule has 1 atom stereocenters. The second-order valence-corrected chi connectivity index (χ2v) is 10.9. The lowest BCUT2D eigenvalue weighted by molar-refractivity contribution is -0.140. The van der Waals surface area contributed by atoms with E-state index in [9.17, 15) is 22.4 Å². The van der Waals surface area contributed by atoms with Crippen molar-refractivity contribution in [1.29, 1.82) is 0 Å². The van der Waals surface area contributed by atoms with E-state index in [0.717, 1.165) is 42.3 Å². The molecule has 0 saturated heterocycles. The third-order valence-corrected chi connectivity index (χ3v) is 7.50. The molecule has 0 bridgehead atoms. The van der Waals surface area contributed by atoms with Crippen molar-refractivity contribution in [3.63, 3.8) is 0 Å². The Labute approximate surface area is 212 Å². The largest absolute Gasteiger partial charge is 0.497 e. The summed E-state index contributed by atoms with van der Waals surface area (Å²) in [5.41, 5.74) is 0.491. The average Bonchev–Trinajstić information content (AvgIpc) is 3.35. The van der Waals surface area contributed by atoms with Crippen molar-refractivity contribution < 1.29 is 27.1 Å². The monoisotopic (exact) mass is 519 g/mol. The molecule has 0 heterocycles. The van der Waals surface area contributed by atoms with Crippen molar-refractivity contribution in [2.45, 2.75) is 57.7 Å². The van der Waals surface area contributed by atoms with E-state index in [1.807, 2.05) is 0 Å². The summed E-state index contributed by atoms with van der Waals surface area (Å²) in [6.45, 7) is 1.22. The van der Waals surface area contributed by atoms with Crippen LogP contribution in [0.4, 0.5) is 10.1 Å². The number of amides is 2. The molecule has 36 heavy (non-hydrogen) atoms. The number of anilines is 1. The number of hydrogen-bond acceptors (Lipinski definition) is 5. The van der Waals surface area contributed by atoms with Gasteiger partial charge in [-0.1, -0.05) is 44.0 Å². The zero-order valence-corrected chi connectivity index (χ0v) is 21.8. The highest BCUT2D eigenvalue weighted by molar-refractivity contribution is 7.92. The normalized spacial score (nSPS) is 14.8. The summed E-state index contributed by atoms with van der Waals surface area (Å²) >= 11 is 0. The molecule has 3 rings (SSSR count). The Hall–Kier alpha value is -3.14. The third-order valence-electron chi connectivity index (χ3n) is 6.37. The fraction of sp³-hybridized carbons (Fsp3) is 0.462. The van der Waals surface area contributed by atoms with Crippen LogP contribution in [0.25, 0.3) is 0 Å². The predicted molar refractivity (Wildman–Crippen MR) is 137 cm³/mol. The van der Waals surface area contributed by atoms with Crippen molar-refractivity contribution in [3.8, 4) is 5.75 Å². The fourth-order valence-corrected chi connectivity index (χ4v) is 5.35. The number of hydrogen-bond donors (Lipinski definition) is 1. The minimum absolute atomic E-state index is 0.0570. The second-order valence-electron chi connectivity index (χ2n) is 9.01. The molecule has 1 N–H and O–H groups in total. The lowest BCUT2D eigenvalue weighted by atomic mass is 10.1. The number of nitrogens with zero attached hydrogens (tertiary/aromatic N) is 2. The van der Waals surface area contributed by atoms with E-state index in [-0.39, 0.29) is 24.2 Å². The smallest absolute Gasteiger partial charge is 0.244 e. The highest BCUT2D eigenvalue weighted by atomic mass is 32.2. The van der Waals surface area contributed by atoms with Crippen molar-refractivity contribution in [2.75, 3.05) is 24.2 Å². The molecule has 2 aromatic rings. The third kappa shape index (κ3) is 6.96. The topological polar surface area (TPSA) is 96.0 Å². The molecule has 0 aliphatic heterocycles. The van der Waals surface area contributed by atoms with Gasteiger partial charge in [-0.2, -0.15) is 0 Å². The number of benzene rings is 2. The van der Waals surface area contributed by atoms with Crippen LogP contribution in [-0.4, -0.2) is 57.1 Å². The highest BCUT2D eigenvalue weighted by Gasteiger charge is 2.33. The molecule has 196 valence electrons. The summed E-state index contributed by atoms with van der Waals surface area (Å²) in [7, 11) is -2.47. The van der Waals surface area contributed by atoms with Gasteiger partial charge in [0.25, 0.3) is 0 Å². The molecule has 1 fully saturated rings. The molecular formula is C26H34FN3O5S. The molecule has 2 amide bonds. The number of nitrogens with one attached hydrogen (secondary N) is 1. The van der Waals surface area contributed by atoms with Gasteiger partial charge in [0.05, 0.1) is 19.1 Å². The molecule has 0 aromatic heterocycles. The number of methoxy groups -OCH3 is 1. The molecule has 8 nitrogen and oxygen atoms in total. The van der Waals surface area contributed by atoms with E-state index in [1.54, 1.807) is 31.2 Å². The van der Waals surface area contributed by atoms with E-state index in [2.05, 4.69) is 5.32 Å². The summed E-state index contributed by atoms with van der Waals surface area (Å²) in [5, 5.41) is 3.05. The van der Waals surface area contributed by atoms with Gasteiger partial charge in [0.2, 0.25) is 21.8 Å². The molecule has 1 unspecified atom stereocenters. The molecule has 1 aliphatic carbocycles. The van der Waals surface area contributed by atoms with Gasteiger partial charge in [-0.15, -0.1) is 0 Å². The van der Waals surface area contributed by atoms with Crippen molar-refractivity contribution in [1.82, 2.24) is 10.2 Å². The van der Waals surface area contributed by atoms with Crippen LogP contribution in [0.2, 0.25) is 0 Å². The highest BCUT2D eigenvalue weighted by Crippen LogP contribution is 2.24. The Bertz CT molecular complexity index is 1170. The first-order chi connectivity index (χ1) is 17.1. The predicted octanol–water partition coefficient (Wildman–Crippen LogP) is 3.47. The van der Waals surface area contributed by atoms with Crippen LogP contribution in [0.3, 0.4) is 0 Å². The average molecular weight is 520 g/mol. The van der Waals surface area contributed by atoms with Crippen LogP contribution in [-0.2, 0) is 26.2 Å². The SMILES string of the molecule is CCC(C(=O)NC1CCCC1)N(Cc1cccc(OC)c1)C(=O)CN(c1ccccc1F)S(C)(=O)=O. The van der Waals surface area contributed by atoms with Crippen LogP contribution < -0.4 is 14.4 Å². The number of rotatable bonds is 11. The van der Waals surface area contributed by atoms with Gasteiger partial charge in [0.1, 0.15) is 24.2 Å². The first-order valence-electron chi connectivity index (χ1n) is 12.1. The van der Waals surface area contributed by atoms with Crippen LogP contribution in [0, 0.1) is 5.82 Å². The molecule has 0 radical (unpaired) electrons. The van der Waals surface area contributed by atoms with Crippen molar-refractivity contribution >= 4 is 27.5 Å². The van der Waals surface area contributed by atoms with Gasteiger partial charge in [0.15, 0.2) is 0 Å². The van der Waals surface area contributed by atoms with E-state index >= 15 is 0 Å². The fourth-order valence-electron chi connectivity index (χ4n) is 4.50. The van der Waals surface area contributed by atoms with E-state index in [4.69, 9.17) is 4.74 Å². The number of halogens is 1. The first kappa shape index (κ1) is 27.4. The lowest BCUT2D eigenvalue weighted by Gasteiger charge is -2.33. The molecule has 0 spiro atoms. The van der Waals surface area contributed by atoms with Gasteiger partial charge >= 0.3 is 0 Å². The first-order valence-corrected chi connectivity index (χ1v) is 13.9. The van der Waals surface area contributed by atoms with Gasteiger partial charge in [-0.05, 0) is 49.1 Å². The zero-order valence-electron chi connectivity index (χ0n) is 20.9. The number of ether oxygens (including phenoxy) is 1. The van der Waals surface area contributed by atoms with Crippen LogP contribution in [0.15, 0.2) is 48.5 Å². The Morgan fingerprint density at radius 2 is 1.83 bits per heavy atom. The maximum atomic E-state index is 14.5. The Kier molecular flexibility index (Phi) is 9.31. The van der Waals surface area contributed by atoms with Gasteiger partial charge in [0, 0.05) is 12.6 Å². The Morgan fingerprint density at radius 3 is 2.44 bits per heavy atom. The number of carbonyl (C=O) groups is 2. The summed E-state index contributed by atoms with van der Waals surface area (Å²) in [6, 6.07) is 11.7. The minimum Gasteiger partial charge on any atom is -0.497 e. The Morgan fingerprint density at radius 1 is 1.14 bits per heavy atom. The van der Waals surface area contributed by atoms with Gasteiger partial charge in [-0.3, -0.25) is 13.9 Å². The summed E-state index contributed by atoms with van der Waals surface area (Å²) in [4.78, 5) is 28.3. The Balaban J connectivity index is 1.94. The standard InChI is InChI=1S/C26H34FN3O5S/c1-4-23(26(32)28-20-11-5-6-12-20)29(17-19-10-9-13-21(16-19)35-2)25(31)18-30(36(3,33)34)24-15-8-7-14-22(24)27/h7-10,13-16,20,23H,4-6,11-12,17-18H2,1-3H3,(H,28,32). The zero-order chi connectivity index (χ0) is 26.3. The maximum absolute atomic E-state index is 14.5. The minimum atomic E-state index is -4.00. The number of carbonyl (C=O) groups excluding carboxylic acids is 2. The van der Waals surface area contributed by atoms with Crippen LogP contribution in [0.5, 0.6) is 5.75 Å². The van der Waals surface area contributed by atoms with Gasteiger partial charge < -0.3 is 15.0 Å². The molecule has 1 saturated carbocycles. The maximum Gasteiger partial charge on any atom is 0.244 e. The molecule has 1 aliphatic rings. The lowest BCUT2D eigenvalue weighted by Crippen LogP contribution is -2.53. The molecule has 10 heteroatoms. The van der Waals surface area contributed by atoms with Gasteiger partial charge in [-0.25, -0.2) is 12.8 Å². The van der Waals surface area contributed by atoms with E-state index < -0.39 is 34.3 Å². The summed E-state index contributed by atoms with van der Waals surface area (Å²) < 4.78 is 45.7. The van der Waals surface area contributed by atoms with Crippen molar-refractivity contribution in [2.24, 2.45) is 0 Å². The number of para-hydroxylation sites is 1. The van der Waals surface area contributed by atoms with Crippen molar-refractivity contribution in [3.05, 3.63) is 59.9 Å². The quantitative estimate of drug-likeness (QED) is 0.491. The van der Waals surface area contributed by atoms with Crippen LogP contribution in [0.1, 0.15) is 44.6 Å².